The first-order chi connectivity index (χ1) is 7.41. The Balaban J connectivity index is 2.76. The molecule has 0 aliphatic carbocycles. The Morgan fingerprint density at radius 3 is 2.69 bits per heavy atom. The van der Waals surface area contributed by atoms with Gasteiger partial charge in [-0.1, -0.05) is 0 Å². The van der Waals surface area contributed by atoms with Gasteiger partial charge in [0.2, 0.25) is 0 Å². The lowest BCUT2D eigenvalue weighted by molar-refractivity contribution is 0.207. The van der Waals surface area contributed by atoms with Crippen LogP contribution < -0.4 is 0 Å². The zero-order chi connectivity index (χ0) is 11.9. The van der Waals surface area contributed by atoms with Gasteiger partial charge in [-0.15, -0.1) is 11.5 Å². The molecule has 0 bridgehead atoms. The molecule has 82 valence electrons. The molecule has 0 aromatic carbocycles. The standard InChI is InChI=1S/C11H11FN4/c1-5-8-6-7(2)13-10-14-9(11(3,4)12)15-16(8)10/h1,6H,2-4H3. The number of nitrogens with zero attached hydrogens (tertiary/aromatic N) is 4. The number of hydrogen-bond donors (Lipinski definition) is 0. The summed E-state index contributed by atoms with van der Waals surface area (Å²) in [6.07, 6.45) is 5.34. The van der Waals surface area contributed by atoms with E-state index in [9.17, 15) is 4.39 Å². The molecule has 0 N–H and O–H groups in total. The van der Waals surface area contributed by atoms with E-state index in [-0.39, 0.29) is 5.82 Å². The monoisotopic (exact) mass is 218 g/mol. The molecule has 16 heavy (non-hydrogen) atoms. The van der Waals surface area contributed by atoms with Gasteiger partial charge in [0, 0.05) is 5.69 Å². The van der Waals surface area contributed by atoms with Gasteiger partial charge >= 0.3 is 0 Å². The fourth-order valence-corrected chi connectivity index (χ4v) is 1.34. The van der Waals surface area contributed by atoms with Gasteiger partial charge in [0.05, 0.1) is 0 Å². The predicted molar refractivity (Wildman–Crippen MR) is 57.6 cm³/mol. The molecule has 0 amide bonds. The van der Waals surface area contributed by atoms with Crippen molar-refractivity contribution in [2.24, 2.45) is 0 Å². The molecule has 5 heteroatoms. The zero-order valence-corrected chi connectivity index (χ0v) is 9.32. The highest BCUT2D eigenvalue weighted by Crippen LogP contribution is 2.21. The molecule has 0 saturated heterocycles. The number of hydrogen-bond acceptors (Lipinski definition) is 3. The van der Waals surface area contributed by atoms with Crippen LogP contribution in [0.5, 0.6) is 0 Å². The van der Waals surface area contributed by atoms with Crippen molar-refractivity contribution in [1.82, 2.24) is 19.6 Å². The lowest BCUT2D eigenvalue weighted by Crippen LogP contribution is -2.11. The minimum atomic E-state index is -1.60. The summed E-state index contributed by atoms with van der Waals surface area (Å²) in [5, 5.41) is 4.02. The van der Waals surface area contributed by atoms with E-state index in [4.69, 9.17) is 6.42 Å². The molecule has 0 spiro atoms. The fourth-order valence-electron chi connectivity index (χ4n) is 1.34. The molecule has 2 rings (SSSR count). The van der Waals surface area contributed by atoms with Crippen LogP contribution in [0.3, 0.4) is 0 Å². The molecule has 0 fully saturated rings. The van der Waals surface area contributed by atoms with Crippen molar-refractivity contribution in [3.63, 3.8) is 0 Å². The first kappa shape index (κ1) is 10.6. The molecule has 0 atom stereocenters. The van der Waals surface area contributed by atoms with E-state index in [1.807, 2.05) is 0 Å². The van der Waals surface area contributed by atoms with E-state index in [1.54, 1.807) is 13.0 Å². The number of rotatable bonds is 1. The molecule has 2 heterocycles. The highest BCUT2D eigenvalue weighted by molar-refractivity contribution is 5.38. The van der Waals surface area contributed by atoms with Crippen molar-refractivity contribution in [2.45, 2.75) is 26.4 Å². The Bertz CT molecular complexity index is 586. The van der Waals surface area contributed by atoms with Crippen LogP contribution in [0.25, 0.3) is 5.78 Å². The first-order valence-corrected chi connectivity index (χ1v) is 4.82. The third-order valence-electron chi connectivity index (χ3n) is 2.12. The molecular weight excluding hydrogens is 207 g/mol. The van der Waals surface area contributed by atoms with Gasteiger partial charge in [-0.05, 0) is 32.8 Å². The minimum Gasteiger partial charge on any atom is -0.236 e. The number of aromatic nitrogens is 4. The minimum absolute atomic E-state index is 0.0853. The van der Waals surface area contributed by atoms with Crippen LogP contribution >= 0.6 is 0 Å². The van der Waals surface area contributed by atoms with Crippen molar-refractivity contribution in [3.8, 4) is 12.3 Å². The maximum absolute atomic E-state index is 13.7. The summed E-state index contributed by atoms with van der Waals surface area (Å²) >= 11 is 0. The zero-order valence-electron chi connectivity index (χ0n) is 9.32. The van der Waals surface area contributed by atoms with Gasteiger partial charge in [0.1, 0.15) is 5.69 Å². The number of terminal acetylenes is 1. The van der Waals surface area contributed by atoms with Crippen LogP contribution in [0.4, 0.5) is 4.39 Å². The van der Waals surface area contributed by atoms with Crippen molar-refractivity contribution < 1.29 is 4.39 Å². The van der Waals surface area contributed by atoms with Crippen LogP contribution in [0.2, 0.25) is 0 Å². The van der Waals surface area contributed by atoms with Gasteiger partial charge in [-0.25, -0.2) is 9.37 Å². The Labute approximate surface area is 92.5 Å². The molecule has 0 aliphatic rings. The maximum Gasteiger partial charge on any atom is 0.253 e. The van der Waals surface area contributed by atoms with Crippen LogP contribution in [0.15, 0.2) is 6.07 Å². The van der Waals surface area contributed by atoms with E-state index in [1.165, 1.54) is 18.4 Å². The maximum atomic E-state index is 13.7. The Morgan fingerprint density at radius 1 is 1.44 bits per heavy atom. The summed E-state index contributed by atoms with van der Waals surface area (Å²) < 4.78 is 15.1. The molecule has 0 aliphatic heterocycles. The van der Waals surface area contributed by atoms with Crippen LogP contribution in [0, 0.1) is 19.3 Å². The Kier molecular flexibility index (Phi) is 2.16. The lowest BCUT2D eigenvalue weighted by Gasteiger charge is -2.06. The van der Waals surface area contributed by atoms with E-state index < -0.39 is 5.67 Å². The number of aryl methyl sites for hydroxylation is 1. The second-order valence-corrected chi connectivity index (χ2v) is 4.05. The average molecular weight is 218 g/mol. The molecule has 2 aromatic heterocycles. The van der Waals surface area contributed by atoms with Crippen molar-refractivity contribution in [3.05, 3.63) is 23.3 Å². The van der Waals surface area contributed by atoms with Gasteiger partial charge < -0.3 is 0 Å². The SMILES string of the molecule is C#Cc1cc(C)nc2nc(C(C)(C)F)nn12. The molecular formula is C11H11FN4. The average Bonchev–Trinajstić information content (AvgIpc) is 2.59. The molecule has 2 aromatic rings. The largest absolute Gasteiger partial charge is 0.253 e. The normalized spacial score (nSPS) is 11.7. The van der Waals surface area contributed by atoms with Crippen molar-refractivity contribution >= 4 is 5.78 Å². The summed E-state index contributed by atoms with van der Waals surface area (Å²) in [6, 6.07) is 1.71. The molecule has 0 saturated carbocycles. The smallest absolute Gasteiger partial charge is 0.236 e. The number of halogens is 1. The summed E-state index contributed by atoms with van der Waals surface area (Å²) in [4.78, 5) is 8.17. The quantitative estimate of drug-likeness (QED) is 0.683. The van der Waals surface area contributed by atoms with Crippen LogP contribution in [0.1, 0.15) is 31.1 Å². The third-order valence-corrected chi connectivity index (χ3v) is 2.12. The number of fused-ring (bicyclic) bond motifs is 1. The highest BCUT2D eigenvalue weighted by Gasteiger charge is 2.25. The predicted octanol–water partition coefficient (Wildman–Crippen LogP) is 1.62. The van der Waals surface area contributed by atoms with Gasteiger partial charge in [0.25, 0.3) is 5.78 Å². The highest BCUT2D eigenvalue weighted by atomic mass is 19.1. The van der Waals surface area contributed by atoms with E-state index in [0.29, 0.717) is 11.5 Å². The second-order valence-electron chi connectivity index (χ2n) is 4.05. The number of alkyl halides is 1. The topological polar surface area (TPSA) is 43.1 Å². The van der Waals surface area contributed by atoms with Gasteiger partial charge in [0.15, 0.2) is 11.5 Å². The van der Waals surface area contributed by atoms with Crippen molar-refractivity contribution in [1.29, 1.82) is 0 Å². The molecule has 0 radical (unpaired) electrons. The van der Waals surface area contributed by atoms with E-state index in [2.05, 4.69) is 21.0 Å². The van der Waals surface area contributed by atoms with Crippen molar-refractivity contribution in [2.75, 3.05) is 0 Å². The first-order valence-electron chi connectivity index (χ1n) is 4.82. The summed E-state index contributed by atoms with van der Waals surface area (Å²) in [6.45, 7) is 4.59. The van der Waals surface area contributed by atoms with Gasteiger partial charge in [-0.2, -0.15) is 9.50 Å². The summed E-state index contributed by atoms with van der Waals surface area (Å²) in [5.74, 6) is 2.89. The summed E-state index contributed by atoms with van der Waals surface area (Å²) in [5.41, 5.74) is -0.352. The van der Waals surface area contributed by atoms with Gasteiger partial charge in [-0.3, -0.25) is 0 Å². The summed E-state index contributed by atoms with van der Waals surface area (Å²) in [7, 11) is 0. The fraction of sp³-hybridized carbons (Fsp3) is 0.364. The van der Waals surface area contributed by atoms with E-state index >= 15 is 0 Å². The van der Waals surface area contributed by atoms with Crippen LogP contribution in [-0.4, -0.2) is 19.6 Å². The lowest BCUT2D eigenvalue weighted by atomic mass is 10.2. The molecule has 4 nitrogen and oxygen atoms in total. The Hall–Kier alpha value is -1.96. The van der Waals surface area contributed by atoms with E-state index in [0.717, 1.165) is 5.69 Å². The third kappa shape index (κ3) is 1.63. The second kappa shape index (κ2) is 3.27. The Morgan fingerprint density at radius 2 is 2.12 bits per heavy atom. The molecule has 0 unspecified atom stereocenters. The van der Waals surface area contributed by atoms with Crippen LogP contribution in [-0.2, 0) is 5.67 Å².